The highest BCUT2D eigenvalue weighted by atomic mass is 35.5. The predicted molar refractivity (Wildman–Crippen MR) is 90.7 cm³/mol. The number of rotatable bonds is 6. The van der Waals surface area contributed by atoms with Gasteiger partial charge < -0.3 is 10.3 Å². The van der Waals surface area contributed by atoms with Crippen molar-refractivity contribution in [2.24, 2.45) is 0 Å². The number of unbranched alkanes of at least 4 members (excludes halogenated alkanes) is 1. The van der Waals surface area contributed by atoms with Gasteiger partial charge in [-0.3, -0.25) is 0 Å². The number of nitrogens with zero attached hydrogens (tertiary/aromatic N) is 1. The van der Waals surface area contributed by atoms with Gasteiger partial charge >= 0.3 is 0 Å². The first kappa shape index (κ1) is 16.5. The molecule has 1 heterocycles. The van der Waals surface area contributed by atoms with Gasteiger partial charge in [0.2, 0.25) is 0 Å². The Bertz CT molecular complexity index is 623. The Kier molecular flexibility index (Phi) is 5.80. The quantitative estimate of drug-likeness (QED) is 0.711. The topological polar surface area (TPSA) is 40.7 Å². The highest BCUT2D eigenvalue weighted by Crippen LogP contribution is 2.29. The fourth-order valence-corrected chi connectivity index (χ4v) is 2.65. The van der Waals surface area contributed by atoms with Crippen molar-refractivity contribution in [3.8, 4) is 0 Å². The van der Waals surface area contributed by atoms with E-state index in [-0.39, 0.29) is 0 Å². The van der Waals surface area contributed by atoms with Crippen molar-refractivity contribution in [3.63, 3.8) is 0 Å². The summed E-state index contributed by atoms with van der Waals surface area (Å²) >= 11 is 18.5. The van der Waals surface area contributed by atoms with Crippen LogP contribution >= 0.6 is 34.8 Å². The van der Waals surface area contributed by atoms with E-state index in [0.29, 0.717) is 21.7 Å². The fourth-order valence-electron chi connectivity index (χ4n) is 1.98. The number of aryl methyl sites for hydroxylation is 2. The van der Waals surface area contributed by atoms with Crippen LogP contribution in [0.5, 0.6) is 0 Å². The van der Waals surface area contributed by atoms with E-state index in [1.807, 2.05) is 19.1 Å². The van der Waals surface area contributed by atoms with Gasteiger partial charge in [0, 0.05) is 11.4 Å². The summed E-state index contributed by atoms with van der Waals surface area (Å²) < 4.78 is 0. The maximum Gasteiger partial charge on any atom is 0.152 e. The lowest BCUT2D eigenvalue weighted by Gasteiger charge is -2.09. The summed E-state index contributed by atoms with van der Waals surface area (Å²) in [4.78, 5) is 7.58. The summed E-state index contributed by atoms with van der Waals surface area (Å²) in [5.74, 6) is 0.923. The standard InChI is InChI=1S/C15H18Cl3N3/c1-3-4-5-14-20-13(15(18)21-14)8-19-12-7-10(16)9(2)6-11(12)17/h6-7,19H,3-5,8H2,1-2H3,(H,20,21). The number of aromatic amines is 1. The molecule has 0 aliphatic heterocycles. The van der Waals surface area contributed by atoms with Crippen LogP contribution in [0.15, 0.2) is 12.1 Å². The molecule has 0 spiro atoms. The van der Waals surface area contributed by atoms with E-state index in [0.717, 1.165) is 42.0 Å². The molecule has 0 unspecified atom stereocenters. The number of imidazole rings is 1. The number of H-pyrrole nitrogens is 1. The Balaban J connectivity index is 2.06. The predicted octanol–water partition coefficient (Wildman–Crippen LogP) is 5.63. The molecule has 0 fully saturated rings. The Hall–Kier alpha value is -0.900. The molecule has 0 radical (unpaired) electrons. The highest BCUT2D eigenvalue weighted by molar-refractivity contribution is 6.35. The summed E-state index contributed by atoms with van der Waals surface area (Å²) in [6.45, 7) is 4.59. The van der Waals surface area contributed by atoms with Crippen LogP contribution in [0.2, 0.25) is 15.2 Å². The van der Waals surface area contributed by atoms with Gasteiger partial charge in [-0.2, -0.15) is 0 Å². The van der Waals surface area contributed by atoms with Crippen LogP contribution in [0, 0.1) is 6.92 Å². The third kappa shape index (κ3) is 4.29. The molecule has 0 aliphatic rings. The molecular weight excluding hydrogens is 329 g/mol. The lowest BCUT2D eigenvalue weighted by atomic mass is 10.2. The zero-order valence-corrected chi connectivity index (χ0v) is 14.3. The van der Waals surface area contributed by atoms with E-state index in [4.69, 9.17) is 34.8 Å². The fraction of sp³-hybridized carbons (Fsp3) is 0.400. The lowest BCUT2D eigenvalue weighted by molar-refractivity contribution is 0.760. The molecule has 2 aromatic rings. The number of benzene rings is 1. The molecule has 6 heteroatoms. The summed E-state index contributed by atoms with van der Waals surface area (Å²) in [5, 5.41) is 5.06. The Morgan fingerprint density at radius 3 is 2.67 bits per heavy atom. The summed E-state index contributed by atoms with van der Waals surface area (Å²) in [6.07, 6.45) is 3.13. The zero-order valence-electron chi connectivity index (χ0n) is 12.1. The van der Waals surface area contributed by atoms with Crippen LogP contribution in [0.4, 0.5) is 5.69 Å². The van der Waals surface area contributed by atoms with Crippen molar-refractivity contribution < 1.29 is 0 Å². The molecule has 0 bridgehead atoms. The van der Waals surface area contributed by atoms with Crippen molar-refractivity contribution in [2.75, 3.05) is 5.32 Å². The van der Waals surface area contributed by atoms with E-state index >= 15 is 0 Å². The van der Waals surface area contributed by atoms with E-state index in [1.54, 1.807) is 0 Å². The average molecular weight is 347 g/mol. The minimum atomic E-state index is 0.503. The average Bonchev–Trinajstić information content (AvgIpc) is 2.79. The Labute approximate surface area is 140 Å². The highest BCUT2D eigenvalue weighted by Gasteiger charge is 2.09. The number of nitrogens with one attached hydrogen (secondary N) is 2. The maximum atomic E-state index is 6.20. The van der Waals surface area contributed by atoms with Crippen molar-refractivity contribution in [3.05, 3.63) is 44.4 Å². The number of hydrogen-bond acceptors (Lipinski definition) is 2. The van der Waals surface area contributed by atoms with E-state index in [9.17, 15) is 0 Å². The second-order valence-corrected chi connectivity index (χ2v) is 6.16. The second-order valence-electron chi connectivity index (χ2n) is 4.99. The summed E-state index contributed by atoms with van der Waals surface area (Å²) in [7, 11) is 0. The Morgan fingerprint density at radius 1 is 1.19 bits per heavy atom. The van der Waals surface area contributed by atoms with Crippen LogP contribution in [-0.2, 0) is 13.0 Å². The molecule has 0 aliphatic carbocycles. The van der Waals surface area contributed by atoms with Gasteiger partial charge in [0.05, 0.1) is 22.9 Å². The van der Waals surface area contributed by atoms with Gasteiger partial charge in [0.25, 0.3) is 0 Å². The first-order valence-electron chi connectivity index (χ1n) is 6.94. The molecule has 1 aromatic carbocycles. The van der Waals surface area contributed by atoms with Gasteiger partial charge in [-0.25, -0.2) is 4.98 Å². The van der Waals surface area contributed by atoms with Crippen molar-refractivity contribution in [1.29, 1.82) is 0 Å². The smallest absolute Gasteiger partial charge is 0.152 e. The summed E-state index contributed by atoms with van der Waals surface area (Å²) in [6, 6.07) is 3.66. The second kappa shape index (κ2) is 7.39. The van der Waals surface area contributed by atoms with Crippen LogP contribution in [-0.4, -0.2) is 9.97 Å². The van der Waals surface area contributed by atoms with E-state index in [2.05, 4.69) is 22.2 Å². The lowest BCUT2D eigenvalue weighted by Crippen LogP contribution is -2.01. The van der Waals surface area contributed by atoms with E-state index in [1.165, 1.54) is 0 Å². The van der Waals surface area contributed by atoms with Crippen molar-refractivity contribution in [2.45, 2.75) is 39.7 Å². The molecule has 0 amide bonds. The minimum Gasteiger partial charge on any atom is -0.378 e. The van der Waals surface area contributed by atoms with Crippen LogP contribution < -0.4 is 5.32 Å². The number of hydrogen-bond donors (Lipinski definition) is 2. The van der Waals surface area contributed by atoms with Gasteiger partial charge in [-0.1, -0.05) is 48.1 Å². The van der Waals surface area contributed by atoms with Gasteiger partial charge in [-0.15, -0.1) is 0 Å². The largest absolute Gasteiger partial charge is 0.378 e. The van der Waals surface area contributed by atoms with E-state index < -0.39 is 0 Å². The van der Waals surface area contributed by atoms with Crippen molar-refractivity contribution in [1.82, 2.24) is 9.97 Å². The third-order valence-corrected chi connectivity index (χ3v) is 4.28. The molecule has 21 heavy (non-hydrogen) atoms. The first-order valence-corrected chi connectivity index (χ1v) is 8.07. The molecule has 0 saturated heterocycles. The minimum absolute atomic E-state index is 0.503. The monoisotopic (exact) mass is 345 g/mol. The van der Waals surface area contributed by atoms with Gasteiger partial charge in [-0.05, 0) is 31.0 Å². The van der Waals surface area contributed by atoms with Crippen LogP contribution in [0.25, 0.3) is 0 Å². The summed E-state index contributed by atoms with van der Waals surface area (Å²) in [5.41, 5.74) is 2.59. The van der Waals surface area contributed by atoms with Gasteiger partial charge in [0.1, 0.15) is 5.82 Å². The zero-order chi connectivity index (χ0) is 15.4. The number of anilines is 1. The molecule has 1 aromatic heterocycles. The van der Waals surface area contributed by atoms with Crippen LogP contribution in [0.1, 0.15) is 36.8 Å². The molecular formula is C15H18Cl3N3. The number of halogens is 3. The number of aromatic nitrogens is 2. The maximum absolute atomic E-state index is 6.20. The first-order chi connectivity index (χ1) is 10.0. The Morgan fingerprint density at radius 2 is 1.95 bits per heavy atom. The van der Waals surface area contributed by atoms with Gasteiger partial charge in [0.15, 0.2) is 5.15 Å². The molecule has 0 saturated carbocycles. The normalized spacial score (nSPS) is 10.9. The molecule has 3 nitrogen and oxygen atoms in total. The molecule has 2 N–H and O–H groups in total. The third-order valence-electron chi connectivity index (χ3n) is 3.25. The van der Waals surface area contributed by atoms with Crippen LogP contribution in [0.3, 0.4) is 0 Å². The SMILES string of the molecule is CCCCc1nc(Cl)c(CNc2cc(Cl)c(C)cc2Cl)[nH]1. The molecule has 114 valence electrons. The molecule has 0 atom stereocenters. The van der Waals surface area contributed by atoms with Crippen molar-refractivity contribution >= 4 is 40.5 Å². The molecule has 2 rings (SSSR count).